The second-order valence-electron chi connectivity index (χ2n) is 5.74. The number of hydrogen-bond donors (Lipinski definition) is 1. The van der Waals surface area contributed by atoms with Gasteiger partial charge in [0.15, 0.2) is 11.5 Å². The van der Waals surface area contributed by atoms with E-state index in [9.17, 15) is 4.79 Å². The number of ether oxygens (including phenoxy) is 2. The maximum atomic E-state index is 12.0. The van der Waals surface area contributed by atoms with E-state index in [1.54, 1.807) is 14.2 Å². The molecule has 116 valence electrons. The number of hydrogen-bond acceptors (Lipinski definition) is 4. The van der Waals surface area contributed by atoms with E-state index < -0.39 is 0 Å². The Kier molecular flexibility index (Phi) is 4.73. The van der Waals surface area contributed by atoms with Gasteiger partial charge in [0.1, 0.15) is 0 Å². The highest BCUT2D eigenvalue weighted by Gasteiger charge is 2.35. The second kappa shape index (κ2) is 6.35. The number of amides is 1. The number of nitrogens with two attached hydrogens (primary N) is 1. The average molecular weight is 292 g/mol. The van der Waals surface area contributed by atoms with Gasteiger partial charge in [0.25, 0.3) is 0 Å². The molecule has 1 aromatic carbocycles. The van der Waals surface area contributed by atoms with Crippen LogP contribution in [0.25, 0.3) is 0 Å². The third-order valence-corrected chi connectivity index (χ3v) is 4.11. The molecule has 5 nitrogen and oxygen atoms in total. The van der Waals surface area contributed by atoms with Gasteiger partial charge in [-0.25, -0.2) is 0 Å². The summed E-state index contributed by atoms with van der Waals surface area (Å²) >= 11 is 0. The molecule has 1 aliphatic rings. The predicted molar refractivity (Wildman–Crippen MR) is 81.4 cm³/mol. The lowest BCUT2D eigenvalue weighted by Gasteiger charge is -2.23. The molecule has 1 saturated heterocycles. The molecular weight excluding hydrogens is 268 g/mol. The average Bonchev–Trinajstić information content (AvgIpc) is 2.87. The summed E-state index contributed by atoms with van der Waals surface area (Å²) in [5.74, 6) is 1.67. The highest BCUT2D eigenvalue weighted by molar-refractivity contribution is 5.79. The topological polar surface area (TPSA) is 64.8 Å². The molecule has 5 heteroatoms. The minimum Gasteiger partial charge on any atom is -0.493 e. The zero-order chi connectivity index (χ0) is 15.6. The van der Waals surface area contributed by atoms with Crippen LogP contribution in [0.3, 0.4) is 0 Å². The summed E-state index contributed by atoms with van der Waals surface area (Å²) in [7, 11) is 3.21. The maximum Gasteiger partial charge on any atom is 0.223 e. The van der Waals surface area contributed by atoms with Crippen LogP contribution in [0, 0.1) is 5.92 Å². The van der Waals surface area contributed by atoms with Crippen molar-refractivity contribution in [3.8, 4) is 11.5 Å². The van der Waals surface area contributed by atoms with Gasteiger partial charge < -0.3 is 20.1 Å². The molecule has 1 amide bonds. The Morgan fingerprint density at radius 3 is 2.43 bits per heavy atom. The number of likely N-dealkylation sites (tertiary alicyclic amines) is 1. The van der Waals surface area contributed by atoms with Gasteiger partial charge in [-0.15, -0.1) is 0 Å². The van der Waals surface area contributed by atoms with Crippen molar-refractivity contribution in [1.29, 1.82) is 0 Å². The number of benzene rings is 1. The van der Waals surface area contributed by atoms with E-state index in [2.05, 4.69) is 0 Å². The molecule has 2 rings (SSSR count). The van der Waals surface area contributed by atoms with Gasteiger partial charge in [-0.3, -0.25) is 4.79 Å². The van der Waals surface area contributed by atoms with E-state index in [-0.39, 0.29) is 23.9 Å². The molecule has 0 aliphatic carbocycles. The van der Waals surface area contributed by atoms with E-state index in [4.69, 9.17) is 15.2 Å². The van der Waals surface area contributed by atoms with Gasteiger partial charge in [0.05, 0.1) is 14.2 Å². The Bertz CT molecular complexity index is 516. The van der Waals surface area contributed by atoms with Crippen LogP contribution in [0.15, 0.2) is 18.2 Å². The highest BCUT2D eigenvalue weighted by Crippen LogP contribution is 2.34. The van der Waals surface area contributed by atoms with Crippen LogP contribution in [-0.4, -0.2) is 37.6 Å². The standard InChI is InChI=1S/C16H24N2O3/c1-10(2)18-9-12(8-15(18)19)16(17)11-5-6-13(20-3)14(7-11)21-4/h5-7,10,12,16H,8-9,17H2,1-4H3. The molecule has 1 heterocycles. The van der Waals surface area contributed by atoms with Crippen LogP contribution < -0.4 is 15.2 Å². The third kappa shape index (κ3) is 3.13. The lowest BCUT2D eigenvalue weighted by Crippen LogP contribution is -2.33. The number of methoxy groups -OCH3 is 2. The van der Waals surface area contributed by atoms with Gasteiger partial charge in [0.2, 0.25) is 5.91 Å². The minimum absolute atomic E-state index is 0.137. The van der Waals surface area contributed by atoms with Crippen molar-refractivity contribution < 1.29 is 14.3 Å². The van der Waals surface area contributed by atoms with Crippen molar-refractivity contribution in [2.45, 2.75) is 32.4 Å². The van der Waals surface area contributed by atoms with Crippen LogP contribution in [0.4, 0.5) is 0 Å². The van der Waals surface area contributed by atoms with Crippen molar-refractivity contribution in [2.75, 3.05) is 20.8 Å². The lowest BCUT2D eigenvalue weighted by molar-refractivity contribution is -0.129. The van der Waals surface area contributed by atoms with E-state index in [1.807, 2.05) is 36.9 Å². The van der Waals surface area contributed by atoms with Crippen LogP contribution in [-0.2, 0) is 4.79 Å². The van der Waals surface area contributed by atoms with Crippen molar-refractivity contribution in [3.05, 3.63) is 23.8 Å². The fourth-order valence-electron chi connectivity index (χ4n) is 2.83. The molecule has 21 heavy (non-hydrogen) atoms. The third-order valence-electron chi connectivity index (χ3n) is 4.11. The summed E-state index contributed by atoms with van der Waals surface area (Å²) in [5.41, 5.74) is 7.33. The second-order valence-corrected chi connectivity index (χ2v) is 5.74. The molecule has 1 aliphatic heterocycles. The molecule has 0 aromatic heterocycles. The summed E-state index contributed by atoms with van der Waals surface area (Å²) < 4.78 is 10.5. The first-order valence-electron chi connectivity index (χ1n) is 7.25. The molecule has 2 N–H and O–H groups in total. The summed E-state index contributed by atoms with van der Waals surface area (Å²) in [5, 5.41) is 0. The van der Waals surface area contributed by atoms with Gasteiger partial charge >= 0.3 is 0 Å². The predicted octanol–water partition coefficient (Wildman–Crippen LogP) is 1.96. The SMILES string of the molecule is COc1ccc(C(N)C2CC(=O)N(C(C)C)C2)cc1OC. The summed E-state index contributed by atoms with van der Waals surface area (Å²) in [4.78, 5) is 13.9. The molecule has 1 aromatic rings. The number of rotatable bonds is 5. The van der Waals surface area contributed by atoms with Gasteiger partial charge in [-0.05, 0) is 31.5 Å². The Morgan fingerprint density at radius 1 is 1.24 bits per heavy atom. The molecular formula is C16H24N2O3. The van der Waals surface area contributed by atoms with Crippen molar-refractivity contribution in [2.24, 2.45) is 11.7 Å². The normalized spacial score (nSPS) is 20.0. The van der Waals surface area contributed by atoms with E-state index >= 15 is 0 Å². The molecule has 2 unspecified atom stereocenters. The summed E-state index contributed by atoms with van der Waals surface area (Å²) in [6.07, 6.45) is 0.508. The van der Waals surface area contributed by atoms with Crippen LogP contribution >= 0.6 is 0 Å². The van der Waals surface area contributed by atoms with Crippen LogP contribution in [0.2, 0.25) is 0 Å². The first-order valence-corrected chi connectivity index (χ1v) is 7.25. The van der Waals surface area contributed by atoms with Crippen molar-refractivity contribution in [1.82, 2.24) is 4.90 Å². The van der Waals surface area contributed by atoms with E-state index in [0.717, 1.165) is 5.56 Å². The van der Waals surface area contributed by atoms with Gasteiger partial charge in [-0.2, -0.15) is 0 Å². The number of carbonyl (C=O) groups excluding carboxylic acids is 1. The zero-order valence-corrected chi connectivity index (χ0v) is 13.1. The molecule has 2 atom stereocenters. The molecule has 1 fully saturated rings. The quantitative estimate of drug-likeness (QED) is 0.901. The van der Waals surface area contributed by atoms with Crippen LogP contribution in [0.5, 0.6) is 11.5 Å². The summed E-state index contributed by atoms with van der Waals surface area (Å²) in [6, 6.07) is 5.73. The Balaban J connectivity index is 2.17. The van der Waals surface area contributed by atoms with Gasteiger partial charge in [0, 0.05) is 31.0 Å². The largest absolute Gasteiger partial charge is 0.493 e. The fraction of sp³-hybridized carbons (Fsp3) is 0.562. The highest BCUT2D eigenvalue weighted by atomic mass is 16.5. The molecule has 0 saturated carbocycles. The fourth-order valence-corrected chi connectivity index (χ4v) is 2.83. The Morgan fingerprint density at radius 2 is 1.90 bits per heavy atom. The molecule has 0 bridgehead atoms. The van der Waals surface area contributed by atoms with E-state index in [1.165, 1.54) is 0 Å². The first-order chi connectivity index (χ1) is 9.97. The number of carbonyl (C=O) groups is 1. The van der Waals surface area contributed by atoms with E-state index in [0.29, 0.717) is 24.5 Å². The lowest BCUT2D eigenvalue weighted by atomic mass is 9.92. The first kappa shape index (κ1) is 15.6. The Labute approximate surface area is 126 Å². The summed E-state index contributed by atoms with van der Waals surface area (Å²) in [6.45, 7) is 4.77. The minimum atomic E-state index is -0.183. The number of nitrogens with zero attached hydrogens (tertiary/aromatic N) is 1. The zero-order valence-electron chi connectivity index (χ0n) is 13.1. The molecule has 0 spiro atoms. The monoisotopic (exact) mass is 292 g/mol. The maximum absolute atomic E-state index is 12.0. The van der Waals surface area contributed by atoms with Crippen molar-refractivity contribution >= 4 is 5.91 Å². The van der Waals surface area contributed by atoms with Crippen molar-refractivity contribution in [3.63, 3.8) is 0 Å². The van der Waals surface area contributed by atoms with Crippen LogP contribution in [0.1, 0.15) is 31.9 Å². The van der Waals surface area contributed by atoms with Gasteiger partial charge in [-0.1, -0.05) is 6.07 Å². The Hall–Kier alpha value is -1.75. The smallest absolute Gasteiger partial charge is 0.223 e. The molecule has 0 radical (unpaired) electrons.